The first-order chi connectivity index (χ1) is 10.2. The number of hydrogen-bond acceptors (Lipinski definition) is 0. The molecule has 0 saturated carbocycles. The largest absolute Gasteiger partial charge is 0.106 e. The molecular weight excluding hydrogens is 236 g/mol. The maximum Gasteiger partial charge on any atom is 0.0239 e. The SMILES string of the molecule is C=C.[2H]C([2H])([2H])C(c1cc(Br)ccc1C)(C([2H])([2H])[2H])C([2H])([2H])[2H]. The number of benzene rings is 1. The normalized spacial score (nSPS) is 22.6. The molecule has 0 spiro atoms. The number of hydrogen-bond donors (Lipinski definition) is 0. The molecule has 0 nitrogen and oxygen atoms in total. The topological polar surface area (TPSA) is 0 Å². The lowest BCUT2D eigenvalue weighted by Gasteiger charge is -2.21. The van der Waals surface area contributed by atoms with Crippen LogP contribution in [0.1, 0.15) is 44.0 Å². The standard InChI is InChI=1S/C11H15Br.C2H4/c1-8-5-6-9(12)7-10(8)11(2,3)4;1-2/h5-7H,1-4H3;1-2H2/i2D3,3D3,4D3;. The van der Waals surface area contributed by atoms with Crippen LogP contribution in [0, 0.1) is 6.92 Å². The van der Waals surface area contributed by atoms with Crippen molar-refractivity contribution in [1.29, 1.82) is 0 Å². The highest BCUT2D eigenvalue weighted by atomic mass is 79.9. The van der Waals surface area contributed by atoms with E-state index in [1.54, 1.807) is 6.07 Å². The quantitative estimate of drug-likeness (QED) is 0.587. The summed E-state index contributed by atoms with van der Waals surface area (Å²) in [5.41, 5.74) is -2.85. The van der Waals surface area contributed by atoms with Crippen LogP contribution in [-0.4, -0.2) is 0 Å². The lowest BCUT2D eigenvalue weighted by Crippen LogP contribution is -2.12. The fourth-order valence-corrected chi connectivity index (χ4v) is 1.36. The van der Waals surface area contributed by atoms with Crippen molar-refractivity contribution in [2.45, 2.75) is 32.9 Å². The Kier molecular flexibility index (Phi) is 1.73. The summed E-state index contributed by atoms with van der Waals surface area (Å²) in [6.07, 6.45) is 0. The van der Waals surface area contributed by atoms with Crippen LogP contribution in [0.3, 0.4) is 0 Å². The van der Waals surface area contributed by atoms with Crippen molar-refractivity contribution in [2.24, 2.45) is 0 Å². The van der Waals surface area contributed by atoms with Crippen LogP contribution in [0.2, 0.25) is 0 Å². The van der Waals surface area contributed by atoms with Crippen LogP contribution in [0.15, 0.2) is 35.8 Å². The second kappa shape index (κ2) is 5.35. The lowest BCUT2D eigenvalue weighted by atomic mass is 9.84. The summed E-state index contributed by atoms with van der Waals surface area (Å²) in [7, 11) is 0. The fourth-order valence-electron chi connectivity index (χ4n) is 0.998. The van der Waals surface area contributed by atoms with Crippen LogP contribution in [0.5, 0.6) is 0 Å². The lowest BCUT2D eigenvalue weighted by molar-refractivity contribution is 0.586. The Balaban J connectivity index is 0.00000232. The number of rotatable bonds is 0. The minimum absolute atomic E-state index is 0.211. The van der Waals surface area contributed by atoms with Crippen molar-refractivity contribution in [3.05, 3.63) is 47.0 Å². The molecule has 0 amide bonds. The van der Waals surface area contributed by atoms with Crippen molar-refractivity contribution < 1.29 is 12.3 Å². The third-order valence-corrected chi connectivity index (χ3v) is 2.10. The Morgan fingerprint density at radius 3 is 2.36 bits per heavy atom. The molecule has 0 radical (unpaired) electrons. The third kappa shape index (κ3) is 3.67. The van der Waals surface area contributed by atoms with Gasteiger partial charge >= 0.3 is 0 Å². The van der Waals surface area contributed by atoms with Gasteiger partial charge in [-0.25, -0.2) is 0 Å². The molecule has 1 rings (SSSR count). The van der Waals surface area contributed by atoms with Gasteiger partial charge in [-0.2, -0.15) is 0 Å². The Hall–Kier alpha value is -0.560. The zero-order chi connectivity index (χ0) is 18.9. The van der Waals surface area contributed by atoms with E-state index in [4.69, 9.17) is 12.3 Å². The van der Waals surface area contributed by atoms with Gasteiger partial charge in [0, 0.05) is 16.8 Å². The molecule has 1 aromatic carbocycles. The second-order valence-electron chi connectivity index (χ2n) is 2.71. The average molecular weight is 264 g/mol. The van der Waals surface area contributed by atoms with E-state index in [1.807, 2.05) is 0 Å². The molecule has 1 aromatic rings. The first kappa shape index (κ1) is 4.52. The third-order valence-electron chi connectivity index (χ3n) is 1.60. The predicted octanol–water partition coefficient (Wildman–Crippen LogP) is 4.86. The fraction of sp³-hybridized carbons (Fsp3) is 0.385. The number of aryl methyl sites for hydroxylation is 1. The van der Waals surface area contributed by atoms with Gasteiger partial charge in [-0.15, -0.1) is 13.2 Å². The summed E-state index contributed by atoms with van der Waals surface area (Å²) in [6.45, 7) is -2.18. The second-order valence-corrected chi connectivity index (χ2v) is 3.62. The first-order valence-corrected chi connectivity index (χ1v) is 4.72. The van der Waals surface area contributed by atoms with Gasteiger partial charge in [-0.05, 0) is 35.6 Å². The van der Waals surface area contributed by atoms with Gasteiger partial charge in [0.1, 0.15) is 0 Å². The molecule has 0 bridgehead atoms. The smallest absolute Gasteiger partial charge is 0.0239 e. The zero-order valence-electron chi connectivity index (χ0n) is 17.0. The highest BCUT2D eigenvalue weighted by Crippen LogP contribution is 2.27. The van der Waals surface area contributed by atoms with Gasteiger partial charge in [0.2, 0.25) is 0 Å². The van der Waals surface area contributed by atoms with Crippen molar-refractivity contribution in [2.75, 3.05) is 0 Å². The first-order valence-electron chi connectivity index (χ1n) is 8.43. The Morgan fingerprint density at radius 2 is 1.86 bits per heavy atom. The molecule has 78 valence electrons. The number of halogens is 1. The summed E-state index contributed by atoms with van der Waals surface area (Å²) in [4.78, 5) is 0. The molecule has 0 aliphatic carbocycles. The Labute approximate surface area is 109 Å². The van der Waals surface area contributed by atoms with E-state index >= 15 is 0 Å². The van der Waals surface area contributed by atoms with E-state index in [-0.39, 0.29) is 5.56 Å². The summed E-state index contributed by atoms with van der Waals surface area (Å²) in [5.74, 6) is 0. The Bertz CT molecular complexity index is 504. The molecule has 0 N–H and O–H groups in total. The molecule has 0 aromatic heterocycles. The van der Waals surface area contributed by atoms with Crippen LogP contribution in [0.4, 0.5) is 0 Å². The molecule has 0 atom stereocenters. The van der Waals surface area contributed by atoms with Crippen LogP contribution < -0.4 is 0 Å². The minimum Gasteiger partial charge on any atom is -0.106 e. The summed E-state index contributed by atoms with van der Waals surface area (Å²) >= 11 is 3.14. The molecule has 0 aliphatic heterocycles. The maximum absolute atomic E-state index is 7.65. The average Bonchev–Trinajstić information content (AvgIpc) is 2.31. The van der Waals surface area contributed by atoms with Crippen LogP contribution in [-0.2, 0) is 5.41 Å². The molecule has 0 saturated heterocycles. The Morgan fingerprint density at radius 1 is 1.29 bits per heavy atom. The van der Waals surface area contributed by atoms with Crippen molar-refractivity contribution in [1.82, 2.24) is 0 Å². The van der Waals surface area contributed by atoms with Crippen molar-refractivity contribution >= 4 is 15.9 Å². The summed E-state index contributed by atoms with van der Waals surface area (Å²) < 4.78 is 69.3. The van der Waals surface area contributed by atoms with E-state index in [0.29, 0.717) is 10.0 Å². The summed E-state index contributed by atoms with van der Waals surface area (Å²) in [5, 5.41) is 0. The van der Waals surface area contributed by atoms with E-state index < -0.39 is 26.0 Å². The molecule has 0 fully saturated rings. The monoisotopic (exact) mass is 263 g/mol. The van der Waals surface area contributed by atoms with Crippen molar-refractivity contribution in [3.63, 3.8) is 0 Å². The molecule has 14 heavy (non-hydrogen) atoms. The molecular formula is C13H19Br. The van der Waals surface area contributed by atoms with Crippen LogP contribution in [0.25, 0.3) is 0 Å². The van der Waals surface area contributed by atoms with Gasteiger partial charge in [-0.3, -0.25) is 0 Å². The van der Waals surface area contributed by atoms with Crippen LogP contribution >= 0.6 is 15.9 Å². The van der Waals surface area contributed by atoms with E-state index in [1.165, 1.54) is 19.1 Å². The summed E-state index contributed by atoms with van der Waals surface area (Å²) in [6, 6.07) is 4.36. The molecule has 0 aliphatic rings. The van der Waals surface area contributed by atoms with Gasteiger partial charge in [0.25, 0.3) is 0 Å². The molecule has 1 heteroatoms. The highest BCUT2D eigenvalue weighted by molar-refractivity contribution is 9.10. The maximum atomic E-state index is 7.65. The minimum atomic E-state index is -3.23. The van der Waals surface area contributed by atoms with Gasteiger partial charge in [0.05, 0.1) is 0 Å². The zero-order valence-corrected chi connectivity index (χ0v) is 9.61. The van der Waals surface area contributed by atoms with Gasteiger partial charge in [0.15, 0.2) is 0 Å². The van der Waals surface area contributed by atoms with Gasteiger partial charge in [-0.1, -0.05) is 42.6 Å². The van der Waals surface area contributed by atoms with Crippen molar-refractivity contribution in [3.8, 4) is 0 Å². The van der Waals surface area contributed by atoms with E-state index in [0.717, 1.165) is 0 Å². The molecule has 0 unspecified atom stereocenters. The predicted molar refractivity (Wildman–Crippen MR) is 68.8 cm³/mol. The highest BCUT2D eigenvalue weighted by Gasteiger charge is 2.15. The molecule has 0 heterocycles. The van der Waals surface area contributed by atoms with E-state index in [2.05, 4.69) is 29.1 Å². The van der Waals surface area contributed by atoms with E-state index in [9.17, 15) is 0 Å². The van der Waals surface area contributed by atoms with Gasteiger partial charge < -0.3 is 0 Å².